The van der Waals surface area contributed by atoms with Gasteiger partial charge in [-0.3, -0.25) is 4.79 Å². The lowest BCUT2D eigenvalue weighted by molar-refractivity contribution is 0.0759. The highest BCUT2D eigenvalue weighted by Crippen LogP contribution is 2.25. The molecule has 7 nitrogen and oxygen atoms in total. The van der Waals surface area contributed by atoms with Crippen molar-refractivity contribution in [2.24, 2.45) is 13.0 Å². The summed E-state index contributed by atoms with van der Waals surface area (Å²) in [5.74, 6) is 1.18. The van der Waals surface area contributed by atoms with E-state index >= 15 is 0 Å². The molecule has 7 heteroatoms. The molecular weight excluding hydrogens is 328 g/mol. The van der Waals surface area contributed by atoms with E-state index in [-0.39, 0.29) is 5.91 Å². The number of piperidine rings is 1. The molecule has 1 aliphatic rings. The van der Waals surface area contributed by atoms with Crippen LogP contribution in [-0.2, 0) is 7.05 Å². The first-order valence-electron chi connectivity index (χ1n) is 8.84. The summed E-state index contributed by atoms with van der Waals surface area (Å²) in [6, 6.07) is 5.94. The van der Waals surface area contributed by atoms with Crippen LogP contribution in [0.25, 0.3) is 0 Å². The van der Waals surface area contributed by atoms with E-state index in [9.17, 15) is 10.1 Å². The fraction of sp³-hybridized carbons (Fsp3) is 0.474. The molecule has 26 heavy (non-hydrogen) atoms. The zero-order valence-corrected chi connectivity index (χ0v) is 15.5. The van der Waals surface area contributed by atoms with Crippen molar-refractivity contribution in [2.45, 2.75) is 19.8 Å². The number of aryl methyl sites for hydroxylation is 2. The molecule has 2 aromatic heterocycles. The maximum Gasteiger partial charge on any atom is 0.273 e. The van der Waals surface area contributed by atoms with E-state index in [0.717, 1.165) is 44.0 Å². The fourth-order valence-corrected chi connectivity index (χ4v) is 3.39. The number of pyridine rings is 1. The zero-order valence-electron chi connectivity index (χ0n) is 15.5. The lowest BCUT2D eigenvalue weighted by Gasteiger charge is -2.34. The molecule has 1 saturated heterocycles. The van der Waals surface area contributed by atoms with E-state index in [1.54, 1.807) is 22.0 Å². The lowest BCUT2D eigenvalue weighted by atomic mass is 9.96. The van der Waals surface area contributed by atoms with Gasteiger partial charge in [-0.25, -0.2) is 9.97 Å². The van der Waals surface area contributed by atoms with E-state index in [0.29, 0.717) is 17.2 Å². The number of anilines is 1. The van der Waals surface area contributed by atoms with E-state index in [1.807, 2.05) is 33.2 Å². The minimum atomic E-state index is -0.0415. The second-order valence-corrected chi connectivity index (χ2v) is 6.98. The standard InChI is InChI=1S/C19H24N6O/c1-14-4-5-16(10-20)18(22-14)25-8-6-15(7-9-25)11-24(3)19(26)17-12-23(2)13-21-17/h4-5,12-13,15H,6-9,11H2,1-3H3. The SMILES string of the molecule is Cc1ccc(C#N)c(N2CCC(CN(C)C(=O)c3cn(C)cn3)CC2)n1. The van der Waals surface area contributed by atoms with E-state index in [1.165, 1.54) is 0 Å². The Hall–Kier alpha value is -2.88. The maximum atomic E-state index is 12.4. The summed E-state index contributed by atoms with van der Waals surface area (Å²) in [5, 5.41) is 9.31. The van der Waals surface area contributed by atoms with Crippen LogP contribution in [0.2, 0.25) is 0 Å². The summed E-state index contributed by atoms with van der Waals surface area (Å²) in [7, 11) is 3.69. The predicted octanol–water partition coefficient (Wildman–Crippen LogP) is 1.98. The highest BCUT2D eigenvalue weighted by Gasteiger charge is 2.25. The first-order valence-corrected chi connectivity index (χ1v) is 8.84. The number of nitriles is 1. The highest BCUT2D eigenvalue weighted by molar-refractivity contribution is 5.91. The summed E-state index contributed by atoms with van der Waals surface area (Å²) < 4.78 is 1.78. The molecule has 0 unspecified atom stereocenters. The van der Waals surface area contributed by atoms with E-state index in [4.69, 9.17) is 0 Å². The van der Waals surface area contributed by atoms with Crippen LogP contribution >= 0.6 is 0 Å². The Morgan fingerprint density at radius 2 is 2.12 bits per heavy atom. The van der Waals surface area contributed by atoms with Crippen LogP contribution < -0.4 is 4.90 Å². The Kier molecular flexibility index (Phi) is 5.21. The molecule has 0 bridgehead atoms. The number of carbonyl (C=O) groups excluding carboxylic acids is 1. The molecular formula is C19H24N6O. The van der Waals surface area contributed by atoms with Crippen LogP contribution in [0.5, 0.6) is 0 Å². The molecule has 2 aromatic rings. The van der Waals surface area contributed by atoms with Crippen LogP contribution in [0.1, 0.15) is 34.6 Å². The van der Waals surface area contributed by atoms with Gasteiger partial charge >= 0.3 is 0 Å². The third kappa shape index (κ3) is 3.85. The summed E-state index contributed by atoms with van der Waals surface area (Å²) in [5.41, 5.74) is 2.02. The monoisotopic (exact) mass is 352 g/mol. The number of nitrogens with zero attached hydrogens (tertiary/aromatic N) is 6. The number of amides is 1. The Balaban J connectivity index is 1.58. The third-order valence-corrected chi connectivity index (χ3v) is 4.85. The van der Waals surface area contributed by atoms with Gasteiger partial charge in [-0.1, -0.05) is 0 Å². The van der Waals surface area contributed by atoms with Crippen LogP contribution in [0.15, 0.2) is 24.7 Å². The van der Waals surface area contributed by atoms with Gasteiger partial charge in [0.1, 0.15) is 17.6 Å². The second kappa shape index (κ2) is 7.56. The van der Waals surface area contributed by atoms with Crippen LogP contribution in [0.4, 0.5) is 5.82 Å². The number of hydrogen-bond acceptors (Lipinski definition) is 5. The molecule has 3 heterocycles. The summed E-state index contributed by atoms with van der Waals surface area (Å²) in [6.45, 7) is 4.36. The van der Waals surface area contributed by atoms with E-state index < -0.39 is 0 Å². The average Bonchev–Trinajstić information content (AvgIpc) is 3.08. The van der Waals surface area contributed by atoms with Gasteiger partial charge in [-0.15, -0.1) is 0 Å². The third-order valence-electron chi connectivity index (χ3n) is 4.85. The molecule has 1 amide bonds. The Morgan fingerprint density at radius 1 is 1.38 bits per heavy atom. The first kappa shape index (κ1) is 17.9. The van der Waals surface area contributed by atoms with Gasteiger partial charge in [-0.2, -0.15) is 5.26 Å². The van der Waals surface area contributed by atoms with E-state index in [2.05, 4.69) is 20.9 Å². The van der Waals surface area contributed by atoms with Crippen LogP contribution in [0, 0.1) is 24.2 Å². The van der Waals surface area contributed by atoms with Crippen LogP contribution in [0.3, 0.4) is 0 Å². The molecule has 3 rings (SSSR count). The molecule has 136 valence electrons. The molecule has 0 radical (unpaired) electrons. The van der Waals surface area contributed by atoms with Crippen molar-refractivity contribution in [2.75, 3.05) is 31.6 Å². The Morgan fingerprint density at radius 3 is 2.73 bits per heavy atom. The van der Waals surface area contributed by atoms with Crippen molar-refractivity contribution in [3.63, 3.8) is 0 Å². The Bertz CT molecular complexity index is 829. The topological polar surface area (TPSA) is 78.0 Å². The van der Waals surface area contributed by atoms with Crippen molar-refractivity contribution in [3.8, 4) is 6.07 Å². The van der Waals surface area contributed by atoms with Crippen molar-refractivity contribution >= 4 is 11.7 Å². The minimum absolute atomic E-state index is 0.0415. The van der Waals surface area contributed by atoms with Gasteiger partial charge in [0.15, 0.2) is 0 Å². The summed E-state index contributed by atoms with van der Waals surface area (Å²) in [6.07, 6.45) is 5.33. The van der Waals surface area contributed by atoms with Gasteiger partial charge in [0.25, 0.3) is 5.91 Å². The van der Waals surface area contributed by atoms with Gasteiger partial charge in [0.2, 0.25) is 0 Å². The van der Waals surface area contributed by atoms with Crippen molar-refractivity contribution in [3.05, 3.63) is 41.6 Å². The molecule has 1 fully saturated rings. The largest absolute Gasteiger partial charge is 0.355 e. The second-order valence-electron chi connectivity index (χ2n) is 6.98. The van der Waals surface area contributed by atoms with Gasteiger partial charge in [0.05, 0.1) is 11.9 Å². The number of aromatic nitrogens is 3. The highest BCUT2D eigenvalue weighted by atomic mass is 16.2. The molecule has 0 N–H and O–H groups in total. The van der Waals surface area contributed by atoms with Crippen LogP contribution in [-0.4, -0.2) is 52.0 Å². The molecule has 1 aliphatic heterocycles. The number of carbonyl (C=O) groups is 1. The number of rotatable bonds is 4. The fourth-order valence-electron chi connectivity index (χ4n) is 3.39. The van der Waals surface area contributed by atoms with Crippen molar-refractivity contribution in [1.82, 2.24) is 19.4 Å². The number of imidazole rings is 1. The molecule has 0 atom stereocenters. The number of hydrogen-bond donors (Lipinski definition) is 0. The molecule has 0 aromatic carbocycles. The minimum Gasteiger partial charge on any atom is -0.355 e. The molecule has 0 saturated carbocycles. The summed E-state index contributed by atoms with van der Waals surface area (Å²) >= 11 is 0. The van der Waals surface area contributed by atoms with Crippen molar-refractivity contribution < 1.29 is 4.79 Å². The molecule has 0 aliphatic carbocycles. The van der Waals surface area contributed by atoms with Gasteiger partial charge in [-0.05, 0) is 37.8 Å². The normalized spacial score (nSPS) is 14.9. The zero-order chi connectivity index (χ0) is 18.7. The summed E-state index contributed by atoms with van der Waals surface area (Å²) in [4.78, 5) is 25.1. The first-order chi connectivity index (χ1) is 12.5. The molecule has 0 spiro atoms. The predicted molar refractivity (Wildman–Crippen MR) is 98.8 cm³/mol. The lowest BCUT2D eigenvalue weighted by Crippen LogP contribution is -2.40. The Labute approximate surface area is 153 Å². The van der Waals surface area contributed by atoms with Crippen molar-refractivity contribution in [1.29, 1.82) is 5.26 Å². The van der Waals surface area contributed by atoms with Gasteiger partial charge < -0.3 is 14.4 Å². The average molecular weight is 352 g/mol. The smallest absolute Gasteiger partial charge is 0.273 e. The maximum absolute atomic E-state index is 12.4. The van der Waals surface area contributed by atoms with Gasteiger partial charge in [0, 0.05) is 45.6 Å². The quantitative estimate of drug-likeness (QED) is 0.841.